The van der Waals surface area contributed by atoms with E-state index in [2.05, 4.69) is 5.32 Å². The summed E-state index contributed by atoms with van der Waals surface area (Å²) in [4.78, 5) is 0. The highest BCUT2D eigenvalue weighted by atomic mass is 19.4. The smallest absolute Gasteiger partial charge is 0.310 e. The highest BCUT2D eigenvalue weighted by Crippen LogP contribution is 2.40. The van der Waals surface area contributed by atoms with Crippen LogP contribution in [0.15, 0.2) is 18.2 Å². The van der Waals surface area contributed by atoms with Crippen LogP contribution in [0.4, 0.5) is 26.3 Å². The van der Waals surface area contributed by atoms with Gasteiger partial charge in [-0.15, -0.1) is 0 Å². The highest BCUT2D eigenvalue weighted by molar-refractivity contribution is 5.37. The lowest BCUT2D eigenvalue weighted by Gasteiger charge is -2.27. The standard InChI is InChI=1S/C13H13F6N/c14-12(15,16)8-4-5-10(13(17,18)19)9(7-8)11-3-1-2-6-20-11/h4-5,7,11,20H,1-3,6H2/t11-/m0/s1. The molecule has 1 aromatic carbocycles. The second-order valence-electron chi connectivity index (χ2n) is 4.80. The molecule has 0 bridgehead atoms. The zero-order chi connectivity index (χ0) is 15.0. The van der Waals surface area contributed by atoms with Gasteiger partial charge in [0.25, 0.3) is 0 Å². The van der Waals surface area contributed by atoms with E-state index in [0.717, 1.165) is 6.42 Å². The molecule has 1 heterocycles. The molecule has 0 aromatic heterocycles. The fourth-order valence-corrected chi connectivity index (χ4v) is 2.40. The predicted molar refractivity (Wildman–Crippen MR) is 61.0 cm³/mol. The number of benzene rings is 1. The molecule has 7 heteroatoms. The van der Waals surface area contributed by atoms with Gasteiger partial charge in [0.1, 0.15) is 0 Å². The lowest BCUT2D eigenvalue weighted by Crippen LogP contribution is -2.29. The van der Waals surface area contributed by atoms with E-state index in [1.54, 1.807) is 0 Å². The van der Waals surface area contributed by atoms with Gasteiger partial charge in [0, 0.05) is 6.04 Å². The second kappa shape index (κ2) is 5.27. The maximum atomic E-state index is 12.9. The van der Waals surface area contributed by atoms with Crippen LogP contribution in [0.25, 0.3) is 0 Å². The summed E-state index contributed by atoms with van der Waals surface area (Å²) in [7, 11) is 0. The van der Waals surface area contributed by atoms with Crippen molar-refractivity contribution in [3.63, 3.8) is 0 Å². The van der Waals surface area contributed by atoms with Gasteiger partial charge >= 0.3 is 12.4 Å². The van der Waals surface area contributed by atoms with Gasteiger partial charge in [0.15, 0.2) is 0 Å². The third-order valence-electron chi connectivity index (χ3n) is 3.37. The molecule has 0 aliphatic carbocycles. The summed E-state index contributed by atoms with van der Waals surface area (Å²) in [5, 5.41) is 2.86. The number of alkyl halides is 6. The summed E-state index contributed by atoms with van der Waals surface area (Å²) in [5.74, 6) is 0. The molecule has 2 rings (SSSR count). The Morgan fingerprint density at radius 1 is 0.950 bits per heavy atom. The largest absolute Gasteiger partial charge is 0.416 e. The van der Waals surface area contributed by atoms with E-state index in [4.69, 9.17) is 0 Å². The summed E-state index contributed by atoms with van der Waals surface area (Å²) in [6.07, 6.45) is -7.38. The summed E-state index contributed by atoms with van der Waals surface area (Å²) in [5.41, 5.74) is -2.36. The van der Waals surface area contributed by atoms with Crippen molar-refractivity contribution in [3.8, 4) is 0 Å². The normalized spacial score (nSPS) is 21.0. The van der Waals surface area contributed by atoms with Gasteiger partial charge in [-0.05, 0) is 43.1 Å². The van der Waals surface area contributed by atoms with Gasteiger partial charge in [0.05, 0.1) is 11.1 Å². The monoisotopic (exact) mass is 297 g/mol. The Morgan fingerprint density at radius 3 is 2.15 bits per heavy atom. The molecule has 1 atom stereocenters. The molecule has 1 aliphatic heterocycles. The lowest BCUT2D eigenvalue weighted by atomic mass is 9.91. The molecule has 0 radical (unpaired) electrons. The Balaban J connectivity index is 2.48. The predicted octanol–water partition coefficient (Wildman–Crippen LogP) is 4.54. The SMILES string of the molecule is FC(F)(F)c1ccc(C(F)(F)F)c([C@@H]2CCCCN2)c1. The first-order valence-corrected chi connectivity index (χ1v) is 6.21. The van der Waals surface area contributed by atoms with Crippen LogP contribution in [0.2, 0.25) is 0 Å². The van der Waals surface area contributed by atoms with E-state index < -0.39 is 29.5 Å². The van der Waals surface area contributed by atoms with Gasteiger partial charge in [-0.3, -0.25) is 0 Å². The number of hydrogen-bond donors (Lipinski definition) is 1. The maximum absolute atomic E-state index is 12.9. The summed E-state index contributed by atoms with van der Waals surface area (Å²) in [6, 6.07) is 0.942. The molecule has 0 saturated carbocycles. The lowest BCUT2D eigenvalue weighted by molar-refractivity contribution is -0.142. The van der Waals surface area contributed by atoms with Crippen molar-refractivity contribution in [2.75, 3.05) is 6.54 Å². The van der Waals surface area contributed by atoms with Crippen molar-refractivity contribution >= 4 is 0 Å². The van der Waals surface area contributed by atoms with Crippen LogP contribution in [-0.4, -0.2) is 6.54 Å². The molecule has 1 nitrogen and oxygen atoms in total. The summed E-state index contributed by atoms with van der Waals surface area (Å²) < 4.78 is 76.8. The van der Waals surface area contributed by atoms with Crippen molar-refractivity contribution in [1.29, 1.82) is 0 Å². The molecule has 1 aliphatic rings. The molecular weight excluding hydrogens is 284 g/mol. The van der Waals surface area contributed by atoms with Crippen molar-refractivity contribution in [2.45, 2.75) is 37.7 Å². The number of halogens is 6. The molecule has 0 spiro atoms. The summed E-state index contributed by atoms with van der Waals surface area (Å²) in [6.45, 7) is 0.512. The van der Waals surface area contributed by atoms with E-state index in [9.17, 15) is 26.3 Å². The first-order chi connectivity index (χ1) is 9.19. The first kappa shape index (κ1) is 15.2. The molecule has 1 saturated heterocycles. The maximum Gasteiger partial charge on any atom is 0.416 e. The second-order valence-corrected chi connectivity index (χ2v) is 4.80. The molecular formula is C13H13F6N. The van der Waals surface area contributed by atoms with Gasteiger partial charge < -0.3 is 5.32 Å². The van der Waals surface area contributed by atoms with Crippen LogP contribution in [-0.2, 0) is 12.4 Å². The van der Waals surface area contributed by atoms with Crippen LogP contribution >= 0.6 is 0 Å². The number of piperidine rings is 1. The molecule has 0 amide bonds. The summed E-state index contributed by atoms with van der Waals surface area (Å²) >= 11 is 0. The molecule has 1 N–H and O–H groups in total. The van der Waals surface area contributed by atoms with E-state index in [1.165, 1.54) is 0 Å². The van der Waals surface area contributed by atoms with E-state index in [1.807, 2.05) is 0 Å². The van der Waals surface area contributed by atoms with Crippen molar-refractivity contribution < 1.29 is 26.3 Å². The van der Waals surface area contributed by atoms with Crippen LogP contribution in [0, 0.1) is 0 Å². The van der Waals surface area contributed by atoms with Crippen LogP contribution in [0.3, 0.4) is 0 Å². The van der Waals surface area contributed by atoms with Crippen LogP contribution < -0.4 is 5.32 Å². The topological polar surface area (TPSA) is 12.0 Å². The zero-order valence-electron chi connectivity index (χ0n) is 10.4. The first-order valence-electron chi connectivity index (χ1n) is 6.21. The fourth-order valence-electron chi connectivity index (χ4n) is 2.40. The molecule has 112 valence electrons. The number of hydrogen-bond acceptors (Lipinski definition) is 1. The van der Waals surface area contributed by atoms with Gasteiger partial charge in [-0.1, -0.05) is 6.42 Å². The highest BCUT2D eigenvalue weighted by Gasteiger charge is 2.38. The van der Waals surface area contributed by atoms with Crippen LogP contribution in [0.1, 0.15) is 42.0 Å². The molecule has 1 aromatic rings. The Bertz CT molecular complexity index is 471. The fraction of sp³-hybridized carbons (Fsp3) is 0.538. The van der Waals surface area contributed by atoms with Crippen LogP contribution in [0.5, 0.6) is 0 Å². The Kier molecular flexibility index (Phi) is 4.00. The quantitative estimate of drug-likeness (QED) is 0.750. The van der Waals surface area contributed by atoms with E-state index in [0.29, 0.717) is 37.6 Å². The third-order valence-corrected chi connectivity index (χ3v) is 3.37. The molecule has 20 heavy (non-hydrogen) atoms. The Hall–Kier alpha value is -1.24. The van der Waals surface area contributed by atoms with Gasteiger partial charge in [-0.2, -0.15) is 26.3 Å². The van der Waals surface area contributed by atoms with E-state index >= 15 is 0 Å². The van der Waals surface area contributed by atoms with Crippen molar-refractivity contribution in [3.05, 3.63) is 34.9 Å². The minimum atomic E-state index is -4.65. The zero-order valence-corrected chi connectivity index (χ0v) is 10.4. The third kappa shape index (κ3) is 3.26. The number of nitrogens with one attached hydrogen (secondary N) is 1. The Labute approximate surface area is 112 Å². The number of rotatable bonds is 1. The minimum absolute atomic E-state index is 0.313. The average Bonchev–Trinajstić information content (AvgIpc) is 2.37. The van der Waals surface area contributed by atoms with Crippen molar-refractivity contribution in [2.24, 2.45) is 0 Å². The Morgan fingerprint density at radius 2 is 1.65 bits per heavy atom. The van der Waals surface area contributed by atoms with Gasteiger partial charge in [-0.25, -0.2) is 0 Å². The molecule has 1 fully saturated rings. The van der Waals surface area contributed by atoms with Gasteiger partial charge in [0.2, 0.25) is 0 Å². The minimum Gasteiger partial charge on any atom is -0.310 e. The average molecular weight is 297 g/mol. The van der Waals surface area contributed by atoms with E-state index in [-0.39, 0.29) is 5.56 Å². The molecule has 0 unspecified atom stereocenters. The van der Waals surface area contributed by atoms with Crippen molar-refractivity contribution in [1.82, 2.24) is 5.32 Å².